The van der Waals surface area contributed by atoms with Crippen LogP contribution in [0.15, 0.2) is 54.9 Å². The fourth-order valence-electron chi connectivity index (χ4n) is 2.74. The molecule has 0 saturated heterocycles. The first-order valence-electron chi connectivity index (χ1n) is 8.65. The molecule has 0 unspecified atom stereocenters. The lowest BCUT2D eigenvalue weighted by atomic mass is 10.1. The van der Waals surface area contributed by atoms with Crippen LogP contribution in [0.3, 0.4) is 0 Å². The van der Waals surface area contributed by atoms with Gasteiger partial charge in [0.05, 0.1) is 17.4 Å². The summed E-state index contributed by atoms with van der Waals surface area (Å²) in [4.78, 5) is 27.5. The maximum atomic E-state index is 12.2. The second-order valence-electron chi connectivity index (χ2n) is 6.14. The van der Waals surface area contributed by atoms with E-state index in [1.807, 2.05) is 42.7 Å². The molecule has 2 N–H and O–H groups in total. The Morgan fingerprint density at radius 3 is 2.58 bits per heavy atom. The number of carbonyl (C=O) groups is 2. The number of nitrogens with one attached hydrogen (secondary N) is 2. The Morgan fingerprint density at radius 1 is 1.04 bits per heavy atom. The second kappa shape index (κ2) is 8.29. The molecule has 0 spiro atoms. The van der Waals surface area contributed by atoms with Gasteiger partial charge in [-0.3, -0.25) is 9.59 Å². The maximum absolute atomic E-state index is 12.2. The van der Waals surface area contributed by atoms with Gasteiger partial charge in [-0.1, -0.05) is 24.3 Å². The van der Waals surface area contributed by atoms with Gasteiger partial charge >= 0.3 is 0 Å². The van der Waals surface area contributed by atoms with Gasteiger partial charge in [-0.15, -0.1) is 0 Å². The Balaban J connectivity index is 1.46. The highest BCUT2D eigenvalue weighted by atomic mass is 16.2. The number of hydrogen-bond donors (Lipinski definition) is 2. The van der Waals surface area contributed by atoms with Crippen LogP contribution in [-0.2, 0) is 17.9 Å². The molecule has 0 atom stereocenters. The van der Waals surface area contributed by atoms with Gasteiger partial charge in [-0.25, -0.2) is 4.98 Å². The summed E-state index contributed by atoms with van der Waals surface area (Å²) >= 11 is 0. The minimum atomic E-state index is -0.0911. The molecule has 1 heterocycles. The quantitative estimate of drug-likeness (QED) is 0.643. The first-order valence-corrected chi connectivity index (χ1v) is 8.65. The third-order valence-electron chi connectivity index (χ3n) is 4.15. The summed E-state index contributed by atoms with van der Waals surface area (Å²) in [7, 11) is 0. The smallest absolute Gasteiger partial charge is 0.251 e. The zero-order chi connectivity index (χ0) is 18.4. The lowest BCUT2D eigenvalue weighted by Gasteiger charge is -2.08. The first-order chi connectivity index (χ1) is 12.6. The van der Waals surface area contributed by atoms with Crippen molar-refractivity contribution in [2.45, 2.75) is 26.4 Å². The third-order valence-corrected chi connectivity index (χ3v) is 4.15. The van der Waals surface area contributed by atoms with Crippen molar-refractivity contribution in [2.75, 3.05) is 6.54 Å². The largest absolute Gasteiger partial charge is 0.352 e. The fraction of sp³-hybridized carbons (Fsp3) is 0.250. The van der Waals surface area contributed by atoms with Crippen molar-refractivity contribution in [1.82, 2.24) is 20.2 Å². The van der Waals surface area contributed by atoms with Crippen LogP contribution in [0.2, 0.25) is 0 Å². The van der Waals surface area contributed by atoms with Gasteiger partial charge in [0.25, 0.3) is 5.91 Å². The number of aryl methyl sites for hydroxylation is 1. The van der Waals surface area contributed by atoms with Gasteiger partial charge in [-0.05, 0) is 36.2 Å². The summed E-state index contributed by atoms with van der Waals surface area (Å²) in [6.07, 6.45) is 2.66. The number of nitrogens with zero attached hydrogens (tertiary/aromatic N) is 2. The van der Waals surface area contributed by atoms with Crippen molar-refractivity contribution in [3.05, 3.63) is 66.0 Å². The van der Waals surface area contributed by atoms with E-state index in [1.54, 1.807) is 12.1 Å². The van der Waals surface area contributed by atoms with Crippen molar-refractivity contribution in [1.29, 1.82) is 0 Å². The van der Waals surface area contributed by atoms with Gasteiger partial charge in [0.15, 0.2) is 0 Å². The second-order valence-corrected chi connectivity index (χ2v) is 6.14. The highest BCUT2D eigenvalue weighted by Crippen LogP contribution is 2.12. The van der Waals surface area contributed by atoms with Gasteiger partial charge in [-0.2, -0.15) is 0 Å². The fourth-order valence-corrected chi connectivity index (χ4v) is 2.74. The van der Waals surface area contributed by atoms with Crippen molar-refractivity contribution < 1.29 is 9.59 Å². The monoisotopic (exact) mass is 350 g/mol. The molecular formula is C20H22N4O2. The van der Waals surface area contributed by atoms with E-state index >= 15 is 0 Å². The zero-order valence-corrected chi connectivity index (χ0v) is 14.7. The summed E-state index contributed by atoms with van der Waals surface area (Å²) in [5, 5.41) is 5.67. The average Bonchev–Trinajstić information content (AvgIpc) is 3.07. The Kier molecular flexibility index (Phi) is 5.63. The molecule has 0 saturated carbocycles. The van der Waals surface area contributed by atoms with E-state index in [-0.39, 0.29) is 11.8 Å². The highest BCUT2D eigenvalue weighted by Gasteiger charge is 2.06. The number of carbonyl (C=O) groups excluding carboxylic acids is 2. The zero-order valence-electron chi connectivity index (χ0n) is 14.7. The van der Waals surface area contributed by atoms with Crippen LogP contribution in [0, 0.1) is 0 Å². The average molecular weight is 350 g/mol. The maximum Gasteiger partial charge on any atom is 0.251 e. The Bertz CT molecular complexity index is 900. The van der Waals surface area contributed by atoms with Crippen LogP contribution >= 0.6 is 0 Å². The van der Waals surface area contributed by atoms with Gasteiger partial charge < -0.3 is 15.2 Å². The summed E-state index contributed by atoms with van der Waals surface area (Å²) in [6.45, 7) is 3.35. The molecule has 0 bridgehead atoms. The third kappa shape index (κ3) is 4.47. The number of amides is 2. The molecule has 3 aromatic rings. The molecule has 6 nitrogen and oxygen atoms in total. The van der Waals surface area contributed by atoms with Crippen LogP contribution < -0.4 is 10.6 Å². The molecule has 0 radical (unpaired) electrons. The first kappa shape index (κ1) is 17.7. The molecule has 26 heavy (non-hydrogen) atoms. The van der Waals surface area contributed by atoms with Crippen molar-refractivity contribution in [2.24, 2.45) is 0 Å². The van der Waals surface area contributed by atoms with Gasteiger partial charge in [0.1, 0.15) is 0 Å². The molecule has 6 heteroatoms. The lowest BCUT2D eigenvalue weighted by molar-refractivity contribution is -0.119. The summed E-state index contributed by atoms with van der Waals surface area (Å²) in [5.41, 5.74) is 3.66. The molecular weight excluding hydrogens is 328 g/mol. The van der Waals surface area contributed by atoms with E-state index in [4.69, 9.17) is 0 Å². The Morgan fingerprint density at radius 2 is 1.81 bits per heavy atom. The molecule has 0 aliphatic heterocycles. The lowest BCUT2D eigenvalue weighted by Crippen LogP contribution is -2.25. The van der Waals surface area contributed by atoms with E-state index in [9.17, 15) is 9.59 Å². The highest BCUT2D eigenvalue weighted by molar-refractivity contribution is 5.94. The van der Waals surface area contributed by atoms with Crippen LogP contribution in [-0.4, -0.2) is 27.9 Å². The molecule has 0 aliphatic carbocycles. The predicted octanol–water partition coefficient (Wildman–Crippen LogP) is 2.49. The topological polar surface area (TPSA) is 76.0 Å². The molecule has 1 aromatic heterocycles. The van der Waals surface area contributed by atoms with Crippen molar-refractivity contribution >= 4 is 22.8 Å². The normalized spacial score (nSPS) is 10.7. The van der Waals surface area contributed by atoms with E-state index < -0.39 is 0 Å². The van der Waals surface area contributed by atoms with E-state index in [0.29, 0.717) is 18.7 Å². The molecule has 2 aromatic carbocycles. The molecule has 3 rings (SSSR count). The van der Waals surface area contributed by atoms with E-state index in [0.717, 1.165) is 29.6 Å². The molecule has 134 valence electrons. The summed E-state index contributed by atoms with van der Waals surface area (Å²) in [5.74, 6) is -0.163. The SMILES string of the molecule is CC(=O)NCc1ccc(C(=O)NCCCn2cnc3ccccc32)cc1. The van der Waals surface area contributed by atoms with Crippen LogP contribution in [0.4, 0.5) is 0 Å². The number of hydrogen-bond acceptors (Lipinski definition) is 3. The molecule has 2 amide bonds. The number of fused-ring (bicyclic) bond motifs is 1. The number of benzene rings is 2. The molecule has 0 fully saturated rings. The van der Waals surface area contributed by atoms with Crippen molar-refractivity contribution in [3.8, 4) is 0 Å². The summed E-state index contributed by atoms with van der Waals surface area (Å²) < 4.78 is 2.10. The minimum absolute atomic E-state index is 0.0718. The number of para-hydroxylation sites is 2. The number of rotatable bonds is 7. The standard InChI is InChI=1S/C20H22N4O2/c1-15(25)22-13-16-7-9-17(10-8-16)20(26)21-11-4-12-24-14-23-18-5-2-3-6-19(18)24/h2-3,5-10,14H,4,11-13H2,1H3,(H,21,26)(H,22,25). The van der Waals surface area contributed by atoms with Crippen LogP contribution in [0.25, 0.3) is 11.0 Å². The Labute approximate surface area is 152 Å². The van der Waals surface area contributed by atoms with Gasteiger partial charge in [0.2, 0.25) is 5.91 Å². The minimum Gasteiger partial charge on any atom is -0.352 e. The number of imidazole rings is 1. The summed E-state index contributed by atoms with van der Waals surface area (Å²) in [6, 6.07) is 15.3. The van der Waals surface area contributed by atoms with Crippen LogP contribution in [0.5, 0.6) is 0 Å². The van der Waals surface area contributed by atoms with Crippen LogP contribution in [0.1, 0.15) is 29.3 Å². The Hall–Kier alpha value is -3.15. The number of aromatic nitrogens is 2. The van der Waals surface area contributed by atoms with Gasteiger partial charge in [0, 0.05) is 32.1 Å². The van der Waals surface area contributed by atoms with Crippen molar-refractivity contribution in [3.63, 3.8) is 0 Å². The van der Waals surface area contributed by atoms with E-state index in [1.165, 1.54) is 6.92 Å². The van der Waals surface area contributed by atoms with E-state index in [2.05, 4.69) is 20.2 Å². The predicted molar refractivity (Wildman–Crippen MR) is 101 cm³/mol. The molecule has 0 aliphatic rings.